The van der Waals surface area contributed by atoms with E-state index in [4.69, 9.17) is 28.9 Å². The SMILES string of the molecule is CC1CC(C(N)=O)c2ccccc2N1C(=O)c1cc(F)c(Cl)cc1Cl. The average Bonchev–Trinajstić information content (AvgIpc) is 2.56. The first kappa shape index (κ1) is 17.7. The third kappa shape index (κ3) is 3.10. The van der Waals surface area contributed by atoms with Gasteiger partial charge in [0.15, 0.2) is 0 Å². The van der Waals surface area contributed by atoms with Gasteiger partial charge in [-0.25, -0.2) is 4.39 Å². The highest BCUT2D eigenvalue weighted by molar-refractivity contribution is 6.37. The van der Waals surface area contributed by atoms with Gasteiger partial charge in [-0.3, -0.25) is 9.59 Å². The van der Waals surface area contributed by atoms with Crippen molar-refractivity contribution >= 4 is 40.7 Å². The first-order valence-electron chi connectivity index (χ1n) is 7.67. The van der Waals surface area contributed by atoms with Crippen molar-refractivity contribution in [1.82, 2.24) is 0 Å². The second kappa shape index (κ2) is 6.65. The number of hydrogen-bond donors (Lipinski definition) is 1. The smallest absolute Gasteiger partial charge is 0.260 e. The van der Waals surface area contributed by atoms with Gasteiger partial charge >= 0.3 is 0 Å². The van der Waals surface area contributed by atoms with Crippen LogP contribution < -0.4 is 10.6 Å². The lowest BCUT2D eigenvalue weighted by atomic mass is 9.85. The summed E-state index contributed by atoms with van der Waals surface area (Å²) in [4.78, 5) is 26.3. The topological polar surface area (TPSA) is 63.4 Å². The highest BCUT2D eigenvalue weighted by Gasteiger charge is 2.37. The van der Waals surface area contributed by atoms with Crippen molar-refractivity contribution in [2.24, 2.45) is 5.73 Å². The van der Waals surface area contributed by atoms with Gasteiger partial charge in [-0.2, -0.15) is 0 Å². The van der Waals surface area contributed by atoms with Crippen LogP contribution >= 0.6 is 23.2 Å². The number of carbonyl (C=O) groups is 2. The molecule has 3 rings (SSSR count). The fourth-order valence-corrected chi connectivity index (χ4v) is 3.67. The van der Waals surface area contributed by atoms with Gasteiger partial charge in [-0.15, -0.1) is 0 Å². The number of fused-ring (bicyclic) bond motifs is 1. The number of carbonyl (C=O) groups excluding carboxylic acids is 2. The Hall–Kier alpha value is -2.11. The molecule has 0 aromatic heterocycles. The van der Waals surface area contributed by atoms with Gasteiger partial charge in [0.2, 0.25) is 5.91 Å². The molecule has 2 N–H and O–H groups in total. The maximum atomic E-state index is 13.8. The van der Waals surface area contributed by atoms with E-state index in [0.717, 1.165) is 6.07 Å². The van der Waals surface area contributed by atoms with E-state index in [0.29, 0.717) is 17.7 Å². The van der Waals surface area contributed by atoms with Crippen molar-refractivity contribution in [3.05, 3.63) is 63.4 Å². The van der Waals surface area contributed by atoms with Crippen LogP contribution in [0.5, 0.6) is 0 Å². The van der Waals surface area contributed by atoms with Gasteiger partial charge in [0.05, 0.1) is 21.5 Å². The number of anilines is 1. The molecule has 2 aromatic rings. The summed E-state index contributed by atoms with van der Waals surface area (Å²) in [5, 5.41) is -0.0828. The number of halogens is 3. The van der Waals surface area contributed by atoms with E-state index in [1.165, 1.54) is 11.0 Å². The van der Waals surface area contributed by atoms with Crippen molar-refractivity contribution in [2.75, 3.05) is 4.90 Å². The molecule has 2 unspecified atom stereocenters. The molecule has 1 aliphatic rings. The molecule has 1 heterocycles. The molecule has 0 saturated carbocycles. The Balaban J connectivity index is 2.10. The van der Waals surface area contributed by atoms with Crippen molar-refractivity contribution in [1.29, 1.82) is 0 Å². The first-order valence-corrected chi connectivity index (χ1v) is 8.43. The third-order valence-corrected chi connectivity index (χ3v) is 4.99. The lowest BCUT2D eigenvalue weighted by Gasteiger charge is -2.38. The van der Waals surface area contributed by atoms with Gasteiger partial charge in [-0.05, 0) is 37.1 Å². The fraction of sp³-hybridized carbons (Fsp3) is 0.222. The lowest BCUT2D eigenvalue weighted by Crippen LogP contribution is -2.45. The number of para-hydroxylation sites is 1. The number of amides is 2. The molecule has 25 heavy (non-hydrogen) atoms. The first-order chi connectivity index (χ1) is 11.8. The lowest BCUT2D eigenvalue weighted by molar-refractivity contribution is -0.119. The maximum Gasteiger partial charge on any atom is 0.260 e. The maximum absolute atomic E-state index is 13.8. The van der Waals surface area contributed by atoms with Crippen LogP contribution in [0.15, 0.2) is 36.4 Å². The van der Waals surface area contributed by atoms with Crippen LogP contribution in [0.2, 0.25) is 10.0 Å². The summed E-state index contributed by atoms with van der Waals surface area (Å²) in [5.41, 5.74) is 6.77. The minimum atomic E-state index is -0.720. The molecule has 1 aliphatic heterocycles. The Labute approximate surface area is 154 Å². The Morgan fingerprint density at radius 1 is 1.20 bits per heavy atom. The van der Waals surface area contributed by atoms with E-state index in [2.05, 4.69) is 0 Å². The molecule has 0 bridgehead atoms. The largest absolute Gasteiger partial charge is 0.369 e. The molecule has 0 spiro atoms. The third-order valence-electron chi connectivity index (χ3n) is 4.39. The van der Waals surface area contributed by atoms with E-state index in [1.807, 2.05) is 6.92 Å². The van der Waals surface area contributed by atoms with E-state index in [1.54, 1.807) is 24.3 Å². The molecular weight excluding hydrogens is 366 g/mol. The van der Waals surface area contributed by atoms with Crippen LogP contribution in [-0.2, 0) is 4.79 Å². The number of rotatable bonds is 2. The van der Waals surface area contributed by atoms with Gasteiger partial charge < -0.3 is 10.6 Å². The van der Waals surface area contributed by atoms with Crippen LogP contribution in [0.1, 0.15) is 35.2 Å². The molecule has 130 valence electrons. The minimum absolute atomic E-state index is 0.0164. The summed E-state index contributed by atoms with van der Waals surface area (Å²) in [6.45, 7) is 1.81. The normalized spacial score (nSPS) is 19.4. The van der Waals surface area contributed by atoms with Gasteiger partial charge in [-0.1, -0.05) is 41.4 Å². The molecule has 2 aromatic carbocycles. The van der Waals surface area contributed by atoms with Crippen molar-refractivity contribution in [2.45, 2.75) is 25.3 Å². The molecule has 7 heteroatoms. The van der Waals surface area contributed by atoms with Gasteiger partial charge in [0.25, 0.3) is 5.91 Å². The number of benzene rings is 2. The van der Waals surface area contributed by atoms with Crippen molar-refractivity contribution < 1.29 is 14.0 Å². The molecule has 0 radical (unpaired) electrons. The van der Waals surface area contributed by atoms with E-state index in [-0.39, 0.29) is 21.7 Å². The zero-order chi connectivity index (χ0) is 18.3. The van der Waals surface area contributed by atoms with Crippen LogP contribution in [0, 0.1) is 5.82 Å². The van der Waals surface area contributed by atoms with Gasteiger partial charge in [0.1, 0.15) is 5.82 Å². The Kier molecular flexibility index (Phi) is 4.71. The quantitative estimate of drug-likeness (QED) is 0.795. The Morgan fingerprint density at radius 2 is 1.88 bits per heavy atom. The molecule has 2 amide bonds. The Morgan fingerprint density at radius 3 is 2.56 bits per heavy atom. The van der Waals surface area contributed by atoms with Crippen LogP contribution in [-0.4, -0.2) is 17.9 Å². The molecule has 0 fully saturated rings. The number of primary amides is 1. The number of nitrogens with zero attached hydrogens (tertiary/aromatic N) is 1. The zero-order valence-electron chi connectivity index (χ0n) is 13.3. The summed E-state index contributed by atoms with van der Waals surface area (Å²) < 4.78 is 13.8. The molecule has 0 aliphatic carbocycles. The highest BCUT2D eigenvalue weighted by atomic mass is 35.5. The Bertz CT molecular complexity index is 872. The van der Waals surface area contributed by atoms with Gasteiger partial charge in [0, 0.05) is 11.7 Å². The second-order valence-electron chi connectivity index (χ2n) is 6.02. The van der Waals surface area contributed by atoms with Crippen molar-refractivity contribution in [3.63, 3.8) is 0 Å². The molecular formula is C18H15Cl2FN2O2. The van der Waals surface area contributed by atoms with E-state index < -0.39 is 23.5 Å². The standard InChI is InChI=1S/C18H15Cl2FN2O2/c1-9-6-11(17(22)24)10-4-2-3-5-16(10)23(9)18(25)12-7-15(21)14(20)8-13(12)19/h2-5,7-9,11H,6H2,1H3,(H2,22,24). The average molecular weight is 381 g/mol. The summed E-state index contributed by atoms with van der Waals surface area (Å²) in [5.74, 6) is -2.10. The molecule has 0 saturated heterocycles. The fourth-order valence-electron chi connectivity index (χ4n) is 3.21. The zero-order valence-corrected chi connectivity index (χ0v) is 14.8. The van der Waals surface area contributed by atoms with Crippen LogP contribution in [0.3, 0.4) is 0 Å². The predicted octanol–water partition coefficient (Wildman–Crippen LogP) is 4.14. The second-order valence-corrected chi connectivity index (χ2v) is 6.83. The van der Waals surface area contributed by atoms with E-state index >= 15 is 0 Å². The summed E-state index contributed by atoms with van der Waals surface area (Å²) >= 11 is 11.8. The van der Waals surface area contributed by atoms with Crippen molar-refractivity contribution in [3.8, 4) is 0 Å². The van der Waals surface area contributed by atoms with Crippen LogP contribution in [0.4, 0.5) is 10.1 Å². The number of hydrogen-bond acceptors (Lipinski definition) is 2. The highest BCUT2D eigenvalue weighted by Crippen LogP contribution is 2.39. The molecule has 2 atom stereocenters. The van der Waals surface area contributed by atoms with E-state index in [9.17, 15) is 14.0 Å². The summed E-state index contributed by atoms with van der Waals surface area (Å²) in [6.07, 6.45) is 0.381. The summed E-state index contributed by atoms with van der Waals surface area (Å²) in [7, 11) is 0. The molecule has 4 nitrogen and oxygen atoms in total. The monoisotopic (exact) mass is 380 g/mol. The minimum Gasteiger partial charge on any atom is -0.369 e. The predicted molar refractivity (Wildman–Crippen MR) is 95.7 cm³/mol. The van der Waals surface area contributed by atoms with Crippen LogP contribution in [0.25, 0.3) is 0 Å². The number of nitrogens with two attached hydrogens (primary N) is 1. The summed E-state index contributed by atoms with van der Waals surface area (Å²) in [6, 6.07) is 8.97.